The molecular formula is C18H37N8O4P. The Morgan fingerprint density at radius 2 is 1.35 bits per heavy atom. The lowest BCUT2D eigenvalue weighted by Gasteiger charge is -2.38. The average Bonchev–Trinajstić information content (AvgIpc) is 2.70. The summed E-state index contributed by atoms with van der Waals surface area (Å²) in [7, 11) is 0.704. The van der Waals surface area contributed by atoms with Gasteiger partial charge in [0.2, 0.25) is 11.8 Å². The van der Waals surface area contributed by atoms with E-state index in [0.717, 1.165) is 6.16 Å². The largest absolute Gasteiger partial charge is 0.369 e. The summed E-state index contributed by atoms with van der Waals surface area (Å²) in [6.45, 7) is 8.23. The standard InChI is InChI=1S/C18H37N8O4P/c1-31-15-16-12-25(14-18(20)28)9-8-24(13-17(19)27)7-6-23(4-2-21-29)10-11-26(16)5-3-22-30/h16,31H,2-15H2,1H3,(H2,19,27)(H2,20,28). The van der Waals surface area contributed by atoms with E-state index in [1.165, 1.54) is 0 Å². The molecule has 4 N–H and O–H groups in total. The number of hydrogen-bond donors (Lipinski definition) is 2. The monoisotopic (exact) mass is 460 g/mol. The van der Waals surface area contributed by atoms with Crippen molar-refractivity contribution in [2.24, 2.45) is 21.8 Å². The Bertz CT molecular complexity index is 571. The van der Waals surface area contributed by atoms with Gasteiger partial charge >= 0.3 is 0 Å². The predicted molar refractivity (Wildman–Crippen MR) is 123 cm³/mol. The summed E-state index contributed by atoms with van der Waals surface area (Å²) in [4.78, 5) is 53.0. The molecule has 12 nitrogen and oxygen atoms in total. The number of nitroso groups, excluding NO2 is 2. The van der Waals surface area contributed by atoms with E-state index in [4.69, 9.17) is 11.5 Å². The fraction of sp³-hybridized carbons (Fsp3) is 0.889. The van der Waals surface area contributed by atoms with Gasteiger partial charge in [-0.05, 0) is 12.8 Å². The van der Waals surface area contributed by atoms with Gasteiger partial charge in [0.15, 0.2) is 0 Å². The van der Waals surface area contributed by atoms with E-state index in [2.05, 4.69) is 26.8 Å². The molecule has 1 aliphatic heterocycles. The van der Waals surface area contributed by atoms with Crippen LogP contribution in [-0.2, 0) is 9.59 Å². The number of carbonyl (C=O) groups is 2. The third-order valence-corrected chi connectivity index (χ3v) is 6.22. The van der Waals surface area contributed by atoms with Gasteiger partial charge in [-0.3, -0.25) is 29.2 Å². The first kappa shape index (κ1) is 27.4. The van der Waals surface area contributed by atoms with Crippen molar-refractivity contribution >= 4 is 20.4 Å². The van der Waals surface area contributed by atoms with Gasteiger partial charge < -0.3 is 11.5 Å². The van der Waals surface area contributed by atoms with E-state index in [1.54, 1.807) is 0 Å². The van der Waals surface area contributed by atoms with Gasteiger partial charge in [0, 0.05) is 64.9 Å². The highest BCUT2D eigenvalue weighted by Gasteiger charge is 2.24. The molecule has 1 heterocycles. The lowest BCUT2D eigenvalue weighted by molar-refractivity contribution is -0.121. The fourth-order valence-corrected chi connectivity index (χ4v) is 4.65. The highest BCUT2D eigenvalue weighted by molar-refractivity contribution is 7.37. The quantitative estimate of drug-likeness (QED) is 0.260. The zero-order valence-electron chi connectivity index (χ0n) is 18.4. The summed E-state index contributed by atoms with van der Waals surface area (Å²) in [6.07, 6.45) is 0.926. The van der Waals surface area contributed by atoms with Crippen LogP contribution in [-0.4, -0.2) is 135 Å². The van der Waals surface area contributed by atoms with Crippen LogP contribution in [0.5, 0.6) is 0 Å². The van der Waals surface area contributed by atoms with Gasteiger partial charge in [-0.25, -0.2) is 0 Å². The maximum atomic E-state index is 11.6. The maximum Gasteiger partial charge on any atom is 0.231 e. The zero-order chi connectivity index (χ0) is 23.1. The summed E-state index contributed by atoms with van der Waals surface area (Å²) < 4.78 is 0. The second kappa shape index (κ2) is 16.1. The van der Waals surface area contributed by atoms with Crippen LogP contribution >= 0.6 is 8.58 Å². The van der Waals surface area contributed by atoms with E-state index in [-0.39, 0.29) is 32.2 Å². The van der Waals surface area contributed by atoms with Crippen LogP contribution in [0.4, 0.5) is 0 Å². The number of nitrogens with zero attached hydrogens (tertiary/aromatic N) is 6. The SMILES string of the molecule is CPCC1CN(CC(N)=O)CCN(CC(N)=O)CCN(CCN=O)CCN1CCN=O. The number of carbonyl (C=O) groups excluding carboxylic acids is 2. The number of nitrogens with two attached hydrogens (primary N) is 2. The Morgan fingerprint density at radius 3 is 1.94 bits per heavy atom. The summed E-state index contributed by atoms with van der Waals surface area (Å²) in [5.74, 6) is -0.813. The highest BCUT2D eigenvalue weighted by Crippen LogP contribution is 2.14. The third kappa shape index (κ3) is 12.1. The van der Waals surface area contributed by atoms with Gasteiger partial charge in [0.1, 0.15) is 0 Å². The van der Waals surface area contributed by atoms with Gasteiger partial charge in [-0.2, -0.15) is 9.81 Å². The molecule has 0 spiro atoms. The molecule has 31 heavy (non-hydrogen) atoms. The molecule has 1 aliphatic rings. The van der Waals surface area contributed by atoms with E-state index in [0.29, 0.717) is 67.5 Å². The van der Waals surface area contributed by atoms with E-state index < -0.39 is 11.8 Å². The highest BCUT2D eigenvalue weighted by atomic mass is 31.1. The molecule has 0 saturated carbocycles. The zero-order valence-corrected chi connectivity index (χ0v) is 19.4. The summed E-state index contributed by atoms with van der Waals surface area (Å²) in [5.41, 5.74) is 10.9. The smallest absolute Gasteiger partial charge is 0.231 e. The molecule has 0 aliphatic carbocycles. The Labute approximate surface area is 185 Å². The van der Waals surface area contributed by atoms with Crippen LogP contribution in [0.2, 0.25) is 0 Å². The molecule has 1 fully saturated rings. The second-order valence-electron chi connectivity index (χ2n) is 7.74. The van der Waals surface area contributed by atoms with Crippen molar-refractivity contribution in [1.82, 2.24) is 19.6 Å². The van der Waals surface area contributed by atoms with Crippen LogP contribution < -0.4 is 11.5 Å². The number of amides is 2. The molecule has 2 amide bonds. The molecule has 2 unspecified atom stereocenters. The van der Waals surface area contributed by atoms with E-state index >= 15 is 0 Å². The first-order valence-corrected chi connectivity index (χ1v) is 12.3. The first-order chi connectivity index (χ1) is 14.9. The van der Waals surface area contributed by atoms with Crippen molar-refractivity contribution in [3.8, 4) is 0 Å². The molecule has 13 heteroatoms. The lowest BCUT2D eigenvalue weighted by Crippen LogP contribution is -2.53. The predicted octanol–water partition coefficient (Wildman–Crippen LogP) is -1.61. The average molecular weight is 461 g/mol. The Morgan fingerprint density at radius 1 is 0.839 bits per heavy atom. The molecule has 0 aromatic carbocycles. The molecule has 1 rings (SSSR count). The molecule has 0 radical (unpaired) electrons. The van der Waals surface area contributed by atoms with Gasteiger partial charge in [0.05, 0.1) is 26.2 Å². The Hall–Kier alpha value is -1.59. The third-order valence-electron chi connectivity index (χ3n) is 5.34. The van der Waals surface area contributed by atoms with Gasteiger partial charge in [0.25, 0.3) is 0 Å². The maximum absolute atomic E-state index is 11.6. The summed E-state index contributed by atoms with van der Waals surface area (Å²) in [6, 6.07) is 0.138. The minimum atomic E-state index is -0.410. The van der Waals surface area contributed by atoms with Crippen molar-refractivity contribution < 1.29 is 9.59 Å². The van der Waals surface area contributed by atoms with Crippen LogP contribution in [0.1, 0.15) is 0 Å². The summed E-state index contributed by atoms with van der Waals surface area (Å²) >= 11 is 0. The first-order valence-electron chi connectivity index (χ1n) is 10.6. The van der Waals surface area contributed by atoms with Crippen molar-refractivity contribution in [3.05, 3.63) is 9.81 Å². The number of primary amides is 2. The Kier molecular flexibility index (Phi) is 14.3. The van der Waals surface area contributed by atoms with Crippen LogP contribution in [0.15, 0.2) is 10.4 Å². The number of rotatable bonds is 12. The Balaban J connectivity index is 3.08. The fourth-order valence-electron chi connectivity index (χ4n) is 3.79. The molecule has 0 bridgehead atoms. The van der Waals surface area contributed by atoms with Crippen molar-refractivity contribution in [2.45, 2.75) is 6.04 Å². The number of hydrogen-bond acceptors (Lipinski definition) is 10. The minimum absolute atomic E-state index is 0.126. The summed E-state index contributed by atoms with van der Waals surface area (Å²) in [5, 5.41) is 6.01. The van der Waals surface area contributed by atoms with Crippen LogP contribution in [0.3, 0.4) is 0 Å². The minimum Gasteiger partial charge on any atom is -0.369 e. The second-order valence-corrected chi connectivity index (χ2v) is 8.85. The van der Waals surface area contributed by atoms with E-state index in [1.807, 2.05) is 9.80 Å². The topological polar surface area (TPSA) is 158 Å². The molecule has 0 aromatic heterocycles. The molecular weight excluding hydrogens is 423 g/mol. The van der Waals surface area contributed by atoms with Gasteiger partial charge in [-0.15, -0.1) is 8.58 Å². The van der Waals surface area contributed by atoms with Crippen molar-refractivity contribution in [2.75, 3.05) is 97.9 Å². The van der Waals surface area contributed by atoms with E-state index in [9.17, 15) is 19.4 Å². The van der Waals surface area contributed by atoms with Crippen LogP contribution in [0.25, 0.3) is 0 Å². The molecule has 2 atom stereocenters. The van der Waals surface area contributed by atoms with Gasteiger partial charge in [-0.1, -0.05) is 10.4 Å². The molecule has 178 valence electrons. The molecule has 1 saturated heterocycles. The van der Waals surface area contributed by atoms with Crippen molar-refractivity contribution in [3.63, 3.8) is 0 Å². The molecule has 0 aromatic rings. The lowest BCUT2D eigenvalue weighted by atomic mass is 10.2. The van der Waals surface area contributed by atoms with Crippen LogP contribution in [0, 0.1) is 9.81 Å². The normalized spacial score (nSPS) is 21.5. The van der Waals surface area contributed by atoms with Crippen molar-refractivity contribution in [1.29, 1.82) is 0 Å².